The van der Waals surface area contributed by atoms with E-state index in [-0.39, 0.29) is 5.91 Å². The van der Waals surface area contributed by atoms with Gasteiger partial charge in [0.05, 0.1) is 13.7 Å². The lowest BCUT2D eigenvalue weighted by Gasteiger charge is -2.29. The van der Waals surface area contributed by atoms with Gasteiger partial charge in [-0.05, 0) is 30.5 Å². The van der Waals surface area contributed by atoms with E-state index in [1.54, 1.807) is 7.11 Å². The largest absolute Gasteiger partial charge is 0.496 e. The van der Waals surface area contributed by atoms with Gasteiger partial charge in [-0.25, -0.2) is 0 Å². The quantitative estimate of drug-likeness (QED) is 0.823. The minimum absolute atomic E-state index is 0.123. The summed E-state index contributed by atoms with van der Waals surface area (Å²) in [6.45, 7) is 1.78. The Labute approximate surface area is 149 Å². The highest BCUT2D eigenvalue weighted by Gasteiger charge is 2.21. The average molecular weight is 336 g/mol. The maximum atomic E-state index is 12.5. The number of carbonyl (C=O) groups is 1. The highest BCUT2D eigenvalue weighted by atomic mass is 16.5. The third-order valence-corrected chi connectivity index (χ3v) is 4.39. The molecule has 0 fully saturated rings. The highest BCUT2D eigenvalue weighted by Crippen LogP contribution is 2.26. The molecule has 0 spiro atoms. The molecule has 0 radical (unpaired) electrons. The first kappa shape index (κ1) is 17.2. The number of rotatable bonds is 6. The minimum atomic E-state index is 0.123. The third kappa shape index (κ3) is 4.28. The van der Waals surface area contributed by atoms with Gasteiger partial charge in [0.1, 0.15) is 5.75 Å². The normalized spacial score (nSPS) is 13.7. The molecule has 2 aromatic carbocycles. The van der Waals surface area contributed by atoms with Crippen molar-refractivity contribution in [2.75, 3.05) is 31.6 Å². The van der Waals surface area contributed by atoms with Crippen LogP contribution in [-0.4, -0.2) is 32.7 Å². The molecule has 1 aliphatic heterocycles. The molecule has 0 atom stereocenters. The molecule has 0 bridgehead atoms. The first-order valence-corrected chi connectivity index (χ1v) is 8.68. The molecule has 0 aliphatic carbocycles. The van der Waals surface area contributed by atoms with Gasteiger partial charge in [0.15, 0.2) is 0 Å². The van der Waals surface area contributed by atoms with Crippen molar-refractivity contribution in [2.45, 2.75) is 12.8 Å². The van der Waals surface area contributed by atoms with Crippen LogP contribution in [0.25, 0.3) is 6.08 Å². The number of nitrogens with zero attached hydrogens (tertiary/aromatic N) is 1. The molecule has 1 N–H and O–H groups in total. The molecule has 0 saturated carbocycles. The SMILES string of the molecule is COc1ccccc1/C=C/CNCC(=O)N1CCCc2ccccc21. The van der Waals surface area contributed by atoms with Crippen molar-refractivity contribution >= 4 is 17.7 Å². The summed E-state index contributed by atoms with van der Waals surface area (Å²) in [5.41, 5.74) is 3.35. The standard InChI is InChI=1S/C21H24N2O2/c1-25-20-13-5-3-9-18(20)10-6-14-22-16-21(24)23-15-7-11-17-8-2-4-12-19(17)23/h2-6,8-10,12-13,22H,7,11,14-16H2,1H3/b10-6+. The first-order valence-electron chi connectivity index (χ1n) is 8.68. The Morgan fingerprint density at radius 3 is 2.88 bits per heavy atom. The van der Waals surface area contributed by atoms with Gasteiger partial charge in [0.2, 0.25) is 5.91 Å². The fourth-order valence-corrected chi connectivity index (χ4v) is 3.14. The predicted molar refractivity (Wildman–Crippen MR) is 102 cm³/mol. The van der Waals surface area contributed by atoms with Crippen molar-refractivity contribution in [3.8, 4) is 5.75 Å². The van der Waals surface area contributed by atoms with E-state index in [2.05, 4.69) is 11.4 Å². The number of methoxy groups -OCH3 is 1. The summed E-state index contributed by atoms with van der Waals surface area (Å²) in [6.07, 6.45) is 6.09. The Morgan fingerprint density at radius 1 is 1.20 bits per heavy atom. The molecule has 25 heavy (non-hydrogen) atoms. The van der Waals surface area contributed by atoms with Crippen LogP contribution < -0.4 is 15.0 Å². The smallest absolute Gasteiger partial charge is 0.240 e. The van der Waals surface area contributed by atoms with E-state index in [9.17, 15) is 4.79 Å². The molecule has 0 aromatic heterocycles. The van der Waals surface area contributed by atoms with E-state index >= 15 is 0 Å². The van der Waals surface area contributed by atoms with Gasteiger partial charge in [-0.2, -0.15) is 0 Å². The summed E-state index contributed by atoms with van der Waals surface area (Å²) in [5.74, 6) is 0.970. The fourth-order valence-electron chi connectivity index (χ4n) is 3.14. The lowest BCUT2D eigenvalue weighted by molar-refractivity contribution is -0.117. The van der Waals surface area contributed by atoms with Crippen molar-refractivity contribution in [3.05, 3.63) is 65.7 Å². The van der Waals surface area contributed by atoms with E-state index in [1.165, 1.54) is 5.56 Å². The van der Waals surface area contributed by atoms with Crippen molar-refractivity contribution < 1.29 is 9.53 Å². The Bertz CT molecular complexity index is 755. The van der Waals surface area contributed by atoms with E-state index in [1.807, 2.05) is 59.5 Å². The molecule has 4 nitrogen and oxygen atoms in total. The minimum Gasteiger partial charge on any atom is -0.496 e. The topological polar surface area (TPSA) is 41.6 Å². The number of para-hydroxylation sites is 2. The van der Waals surface area contributed by atoms with Gasteiger partial charge in [0.25, 0.3) is 0 Å². The van der Waals surface area contributed by atoms with Crippen molar-refractivity contribution in [2.24, 2.45) is 0 Å². The van der Waals surface area contributed by atoms with Gasteiger partial charge in [-0.3, -0.25) is 4.79 Å². The zero-order chi connectivity index (χ0) is 17.5. The van der Waals surface area contributed by atoms with Crippen LogP contribution in [0, 0.1) is 0 Å². The van der Waals surface area contributed by atoms with Crippen LogP contribution in [-0.2, 0) is 11.2 Å². The summed E-state index contributed by atoms with van der Waals surface area (Å²) < 4.78 is 5.32. The van der Waals surface area contributed by atoms with E-state index < -0.39 is 0 Å². The Kier molecular flexibility index (Phi) is 5.86. The number of aryl methyl sites for hydroxylation is 1. The summed E-state index contributed by atoms with van der Waals surface area (Å²) in [5, 5.41) is 3.20. The number of nitrogens with one attached hydrogen (secondary N) is 1. The summed E-state index contributed by atoms with van der Waals surface area (Å²) in [4.78, 5) is 14.4. The van der Waals surface area contributed by atoms with Crippen LogP contribution in [0.3, 0.4) is 0 Å². The maximum Gasteiger partial charge on any atom is 0.240 e. The second kappa shape index (κ2) is 8.49. The highest BCUT2D eigenvalue weighted by molar-refractivity contribution is 5.95. The number of hydrogen-bond acceptors (Lipinski definition) is 3. The zero-order valence-electron chi connectivity index (χ0n) is 14.6. The van der Waals surface area contributed by atoms with E-state index in [0.717, 1.165) is 36.4 Å². The van der Waals surface area contributed by atoms with Gasteiger partial charge >= 0.3 is 0 Å². The number of anilines is 1. The summed E-state index contributed by atoms with van der Waals surface area (Å²) in [6, 6.07) is 16.0. The molecule has 2 aromatic rings. The Balaban J connectivity index is 1.51. The molecular weight excluding hydrogens is 312 g/mol. The van der Waals surface area contributed by atoms with Crippen molar-refractivity contribution in [3.63, 3.8) is 0 Å². The zero-order valence-corrected chi connectivity index (χ0v) is 14.6. The summed E-state index contributed by atoms with van der Waals surface area (Å²) in [7, 11) is 1.67. The molecule has 3 rings (SSSR count). The lowest BCUT2D eigenvalue weighted by atomic mass is 10.0. The number of hydrogen-bond donors (Lipinski definition) is 1. The van der Waals surface area contributed by atoms with Crippen LogP contribution in [0.15, 0.2) is 54.6 Å². The number of carbonyl (C=O) groups excluding carboxylic acids is 1. The third-order valence-electron chi connectivity index (χ3n) is 4.39. The van der Waals surface area contributed by atoms with Crippen LogP contribution in [0.2, 0.25) is 0 Å². The van der Waals surface area contributed by atoms with E-state index in [0.29, 0.717) is 13.1 Å². The predicted octanol–water partition coefficient (Wildman–Crippen LogP) is 3.28. The van der Waals surface area contributed by atoms with Crippen molar-refractivity contribution in [1.82, 2.24) is 5.32 Å². The van der Waals surface area contributed by atoms with Crippen LogP contribution >= 0.6 is 0 Å². The molecule has 130 valence electrons. The number of amides is 1. The molecule has 0 unspecified atom stereocenters. The number of fused-ring (bicyclic) bond motifs is 1. The van der Waals surface area contributed by atoms with E-state index in [4.69, 9.17) is 4.74 Å². The molecule has 0 saturated heterocycles. The van der Waals surface area contributed by atoms with Gasteiger partial charge in [0, 0.05) is 24.3 Å². The molecular formula is C21H24N2O2. The second-order valence-corrected chi connectivity index (χ2v) is 6.05. The van der Waals surface area contributed by atoms with Crippen LogP contribution in [0.5, 0.6) is 5.75 Å². The van der Waals surface area contributed by atoms with Crippen LogP contribution in [0.4, 0.5) is 5.69 Å². The second-order valence-electron chi connectivity index (χ2n) is 6.05. The fraction of sp³-hybridized carbons (Fsp3) is 0.286. The van der Waals surface area contributed by atoms with Gasteiger partial charge in [-0.1, -0.05) is 48.6 Å². The monoisotopic (exact) mass is 336 g/mol. The Hall–Kier alpha value is -2.59. The molecule has 1 heterocycles. The number of ether oxygens (including phenoxy) is 1. The molecule has 1 aliphatic rings. The molecule has 1 amide bonds. The Morgan fingerprint density at radius 2 is 2.00 bits per heavy atom. The van der Waals surface area contributed by atoms with Gasteiger partial charge in [-0.15, -0.1) is 0 Å². The van der Waals surface area contributed by atoms with Crippen LogP contribution in [0.1, 0.15) is 17.5 Å². The van der Waals surface area contributed by atoms with Crippen molar-refractivity contribution in [1.29, 1.82) is 0 Å². The lowest BCUT2D eigenvalue weighted by Crippen LogP contribution is -2.41. The molecule has 4 heteroatoms. The summed E-state index contributed by atoms with van der Waals surface area (Å²) >= 11 is 0. The van der Waals surface area contributed by atoms with Gasteiger partial charge < -0.3 is 15.0 Å². The average Bonchev–Trinajstić information content (AvgIpc) is 2.67. The number of benzene rings is 2. The maximum absolute atomic E-state index is 12.5. The first-order chi connectivity index (χ1) is 12.3.